The second-order valence-electron chi connectivity index (χ2n) is 4.96. The van der Waals surface area contributed by atoms with Gasteiger partial charge < -0.3 is 10.4 Å². The second kappa shape index (κ2) is 6.83. The minimum absolute atomic E-state index is 0.00925. The van der Waals surface area contributed by atoms with Crippen LogP contribution in [-0.2, 0) is 4.79 Å². The number of aliphatic carboxylic acids is 1. The predicted octanol–water partition coefficient (Wildman–Crippen LogP) is 2.89. The maximum Gasteiger partial charge on any atom is 0.308 e. The van der Waals surface area contributed by atoms with Crippen molar-refractivity contribution in [2.75, 3.05) is 11.9 Å². The highest BCUT2D eigenvalue weighted by Crippen LogP contribution is 2.25. The monoisotopic (exact) mass is 284 g/mol. The fourth-order valence-corrected chi connectivity index (χ4v) is 1.88. The number of anilines is 1. The Morgan fingerprint density at radius 3 is 2.65 bits per heavy atom. The SMILES string of the molecule is CC(C)CC(CNc1cc(F)ccc1[N+](=O)[O-])C(=O)O. The van der Waals surface area contributed by atoms with E-state index in [1.807, 2.05) is 13.8 Å². The number of carbonyl (C=O) groups is 1. The van der Waals surface area contributed by atoms with Crippen LogP contribution in [0, 0.1) is 27.8 Å². The number of halogens is 1. The third-order valence-corrected chi connectivity index (χ3v) is 2.80. The van der Waals surface area contributed by atoms with Crippen LogP contribution >= 0.6 is 0 Å². The molecular formula is C13H17FN2O4. The molecule has 1 aromatic rings. The zero-order valence-electron chi connectivity index (χ0n) is 11.3. The molecule has 6 nitrogen and oxygen atoms in total. The topological polar surface area (TPSA) is 92.5 Å². The Balaban J connectivity index is 2.84. The molecule has 0 spiro atoms. The first-order valence-corrected chi connectivity index (χ1v) is 6.22. The first-order valence-electron chi connectivity index (χ1n) is 6.22. The Bertz CT molecular complexity index is 505. The summed E-state index contributed by atoms with van der Waals surface area (Å²) in [7, 11) is 0. The Hall–Kier alpha value is -2.18. The van der Waals surface area contributed by atoms with Gasteiger partial charge in [0.25, 0.3) is 5.69 Å². The average Bonchev–Trinajstić information content (AvgIpc) is 2.33. The maximum atomic E-state index is 13.1. The lowest BCUT2D eigenvalue weighted by molar-refractivity contribution is -0.384. The van der Waals surface area contributed by atoms with E-state index in [-0.39, 0.29) is 23.8 Å². The van der Waals surface area contributed by atoms with Gasteiger partial charge in [-0.25, -0.2) is 4.39 Å². The molecule has 0 aromatic heterocycles. The molecule has 110 valence electrons. The zero-order valence-corrected chi connectivity index (χ0v) is 11.3. The molecule has 0 heterocycles. The summed E-state index contributed by atoms with van der Waals surface area (Å²) in [5.41, 5.74) is -0.287. The lowest BCUT2D eigenvalue weighted by Crippen LogP contribution is -2.24. The summed E-state index contributed by atoms with van der Waals surface area (Å²) in [4.78, 5) is 21.3. The molecule has 1 unspecified atom stereocenters. The molecule has 0 saturated carbocycles. The Morgan fingerprint density at radius 2 is 2.15 bits per heavy atom. The lowest BCUT2D eigenvalue weighted by Gasteiger charge is -2.16. The van der Waals surface area contributed by atoms with Crippen molar-refractivity contribution in [3.8, 4) is 0 Å². The quantitative estimate of drug-likeness (QED) is 0.593. The predicted molar refractivity (Wildman–Crippen MR) is 72.1 cm³/mol. The minimum atomic E-state index is -0.981. The lowest BCUT2D eigenvalue weighted by atomic mass is 9.97. The molecule has 0 radical (unpaired) electrons. The van der Waals surface area contributed by atoms with Gasteiger partial charge in [0.2, 0.25) is 0 Å². The molecular weight excluding hydrogens is 267 g/mol. The second-order valence-corrected chi connectivity index (χ2v) is 4.96. The first-order chi connectivity index (χ1) is 9.31. The van der Waals surface area contributed by atoms with Crippen LogP contribution in [0.4, 0.5) is 15.8 Å². The van der Waals surface area contributed by atoms with Crippen molar-refractivity contribution in [3.05, 3.63) is 34.1 Å². The number of rotatable bonds is 7. The normalized spacial score (nSPS) is 12.2. The molecule has 1 aromatic carbocycles. The Labute approximate surface area is 115 Å². The van der Waals surface area contributed by atoms with E-state index in [1.54, 1.807) is 0 Å². The largest absolute Gasteiger partial charge is 0.481 e. The molecule has 0 saturated heterocycles. The molecule has 0 aliphatic heterocycles. The van der Waals surface area contributed by atoms with Crippen molar-refractivity contribution in [1.82, 2.24) is 0 Å². The molecule has 1 atom stereocenters. The summed E-state index contributed by atoms with van der Waals surface area (Å²) >= 11 is 0. The summed E-state index contributed by atoms with van der Waals surface area (Å²) in [5.74, 6) is -2.10. The first kappa shape index (κ1) is 15.9. The highest BCUT2D eigenvalue weighted by Gasteiger charge is 2.21. The smallest absolute Gasteiger partial charge is 0.308 e. The van der Waals surface area contributed by atoms with Gasteiger partial charge in [-0.2, -0.15) is 0 Å². The minimum Gasteiger partial charge on any atom is -0.481 e. The highest BCUT2D eigenvalue weighted by atomic mass is 19.1. The van der Waals surface area contributed by atoms with E-state index >= 15 is 0 Å². The van der Waals surface area contributed by atoms with Gasteiger partial charge in [0.15, 0.2) is 0 Å². The van der Waals surface area contributed by atoms with Gasteiger partial charge >= 0.3 is 5.97 Å². The molecule has 7 heteroatoms. The molecule has 0 amide bonds. The number of hydrogen-bond acceptors (Lipinski definition) is 4. The van der Waals surface area contributed by atoms with E-state index < -0.39 is 22.6 Å². The van der Waals surface area contributed by atoms with Gasteiger partial charge in [0.05, 0.1) is 10.8 Å². The van der Waals surface area contributed by atoms with Gasteiger partial charge in [-0.15, -0.1) is 0 Å². The van der Waals surface area contributed by atoms with Crippen LogP contribution < -0.4 is 5.32 Å². The van der Waals surface area contributed by atoms with Gasteiger partial charge in [0, 0.05) is 18.7 Å². The van der Waals surface area contributed by atoms with Gasteiger partial charge in [-0.1, -0.05) is 13.8 Å². The van der Waals surface area contributed by atoms with Gasteiger partial charge in [-0.05, 0) is 18.4 Å². The number of nitro groups is 1. The van der Waals surface area contributed by atoms with E-state index in [0.29, 0.717) is 6.42 Å². The van der Waals surface area contributed by atoms with E-state index in [9.17, 15) is 19.3 Å². The molecule has 0 fully saturated rings. The fraction of sp³-hybridized carbons (Fsp3) is 0.462. The van der Waals surface area contributed by atoms with Crippen LogP contribution in [0.3, 0.4) is 0 Å². The number of nitrogens with one attached hydrogen (secondary N) is 1. The summed E-state index contributed by atoms with van der Waals surface area (Å²) in [6.45, 7) is 3.79. The third-order valence-electron chi connectivity index (χ3n) is 2.80. The molecule has 0 aliphatic carbocycles. The standard InChI is InChI=1S/C13H17FN2O4/c1-8(2)5-9(13(17)18)7-15-11-6-10(14)3-4-12(11)16(19)20/h3-4,6,8-9,15H,5,7H2,1-2H3,(H,17,18). The van der Waals surface area contributed by atoms with Crippen LogP contribution in [0.1, 0.15) is 20.3 Å². The Morgan fingerprint density at radius 1 is 1.50 bits per heavy atom. The molecule has 0 aliphatic rings. The van der Waals surface area contributed by atoms with Crippen LogP contribution in [0.2, 0.25) is 0 Å². The molecule has 20 heavy (non-hydrogen) atoms. The number of carboxylic acids is 1. The number of benzene rings is 1. The van der Waals surface area contributed by atoms with Crippen molar-refractivity contribution in [2.45, 2.75) is 20.3 Å². The van der Waals surface area contributed by atoms with Crippen molar-refractivity contribution in [2.24, 2.45) is 11.8 Å². The molecule has 0 bridgehead atoms. The summed E-state index contributed by atoms with van der Waals surface area (Å²) < 4.78 is 13.1. The fourth-order valence-electron chi connectivity index (χ4n) is 1.88. The summed E-state index contributed by atoms with van der Waals surface area (Å²) in [5, 5.41) is 22.6. The van der Waals surface area contributed by atoms with Crippen molar-refractivity contribution in [3.63, 3.8) is 0 Å². The molecule has 2 N–H and O–H groups in total. The highest BCUT2D eigenvalue weighted by molar-refractivity contribution is 5.71. The summed E-state index contributed by atoms with van der Waals surface area (Å²) in [6, 6.07) is 3.04. The van der Waals surface area contributed by atoms with Crippen molar-refractivity contribution >= 4 is 17.3 Å². The third kappa shape index (κ3) is 4.49. The number of hydrogen-bond donors (Lipinski definition) is 2. The van der Waals surface area contributed by atoms with Gasteiger partial charge in [-0.3, -0.25) is 14.9 Å². The number of carboxylic acid groups (broad SMARTS) is 1. The maximum absolute atomic E-state index is 13.1. The van der Waals surface area contributed by atoms with E-state index in [2.05, 4.69) is 5.32 Å². The number of nitrogens with zero attached hydrogens (tertiary/aromatic N) is 1. The van der Waals surface area contributed by atoms with Crippen LogP contribution in [0.25, 0.3) is 0 Å². The van der Waals surface area contributed by atoms with Crippen molar-refractivity contribution < 1.29 is 19.2 Å². The van der Waals surface area contributed by atoms with E-state index in [1.165, 1.54) is 0 Å². The molecule has 1 rings (SSSR count). The summed E-state index contributed by atoms with van der Waals surface area (Å²) in [6.07, 6.45) is 0.436. The zero-order chi connectivity index (χ0) is 15.3. The van der Waals surface area contributed by atoms with E-state index in [0.717, 1.165) is 18.2 Å². The van der Waals surface area contributed by atoms with E-state index in [4.69, 9.17) is 5.11 Å². The number of nitro benzene ring substituents is 1. The average molecular weight is 284 g/mol. The van der Waals surface area contributed by atoms with Crippen LogP contribution in [0.5, 0.6) is 0 Å². The van der Waals surface area contributed by atoms with Gasteiger partial charge in [0.1, 0.15) is 11.5 Å². The Kier molecular flexibility index (Phi) is 5.42. The van der Waals surface area contributed by atoms with Crippen LogP contribution in [-0.4, -0.2) is 22.5 Å². The van der Waals surface area contributed by atoms with Crippen molar-refractivity contribution in [1.29, 1.82) is 0 Å². The van der Waals surface area contributed by atoms with Crippen LogP contribution in [0.15, 0.2) is 18.2 Å².